The second-order valence-electron chi connectivity index (χ2n) is 4.39. The smallest absolute Gasteiger partial charge is 0.155 e. The van der Waals surface area contributed by atoms with E-state index in [1.807, 2.05) is 12.1 Å². The summed E-state index contributed by atoms with van der Waals surface area (Å²) in [4.78, 5) is 11.3. The lowest BCUT2D eigenvalue weighted by molar-refractivity contribution is -0.115. The van der Waals surface area contributed by atoms with Crippen molar-refractivity contribution in [1.29, 1.82) is 0 Å². The van der Waals surface area contributed by atoms with Crippen molar-refractivity contribution >= 4 is 17.4 Å². The Kier molecular flexibility index (Phi) is 3.97. The van der Waals surface area contributed by atoms with Crippen molar-refractivity contribution in [3.8, 4) is 0 Å². The fourth-order valence-corrected chi connectivity index (χ4v) is 2.20. The van der Waals surface area contributed by atoms with Gasteiger partial charge < -0.3 is 5.11 Å². The summed E-state index contributed by atoms with van der Waals surface area (Å²) >= 11 is 5.79. The summed E-state index contributed by atoms with van der Waals surface area (Å²) < 4.78 is 0. The van der Waals surface area contributed by atoms with Gasteiger partial charge in [-0.15, -0.1) is 0 Å². The molecule has 0 aliphatic heterocycles. The van der Waals surface area contributed by atoms with E-state index in [4.69, 9.17) is 11.6 Å². The van der Waals surface area contributed by atoms with Crippen molar-refractivity contribution in [2.75, 3.05) is 0 Å². The third kappa shape index (κ3) is 3.42. The number of benzene rings is 1. The number of ketones is 1. The second-order valence-corrected chi connectivity index (χ2v) is 4.83. The molecule has 1 aromatic carbocycles. The summed E-state index contributed by atoms with van der Waals surface area (Å²) in [5, 5.41) is 10.7. The van der Waals surface area contributed by atoms with Crippen LogP contribution in [0, 0.1) is 0 Å². The van der Waals surface area contributed by atoms with Crippen LogP contribution in [-0.2, 0) is 4.79 Å². The first-order valence-corrected chi connectivity index (χ1v) is 6.19. The molecule has 90 valence electrons. The summed E-state index contributed by atoms with van der Waals surface area (Å²) in [6.07, 6.45) is 4.12. The first-order valence-electron chi connectivity index (χ1n) is 5.81. The number of hydrogen-bond acceptors (Lipinski definition) is 2. The van der Waals surface area contributed by atoms with E-state index in [2.05, 4.69) is 0 Å². The SMILES string of the molecule is O=C1C=C(CC(O)c2ccc(Cl)cc2)CCC1. The van der Waals surface area contributed by atoms with Crippen LogP contribution in [0.2, 0.25) is 5.02 Å². The fourth-order valence-electron chi connectivity index (χ4n) is 2.07. The average molecular weight is 251 g/mol. The highest BCUT2D eigenvalue weighted by Crippen LogP contribution is 2.27. The fraction of sp³-hybridized carbons (Fsp3) is 0.357. The van der Waals surface area contributed by atoms with Crippen LogP contribution in [0.5, 0.6) is 0 Å². The normalized spacial score (nSPS) is 17.8. The maximum Gasteiger partial charge on any atom is 0.155 e. The van der Waals surface area contributed by atoms with Gasteiger partial charge in [0.1, 0.15) is 0 Å². The van der Waals surface area contributed by atoms with Crippen LogP contribution < -0.4 is 0 Å². The topological polar surface area (TPSA) is 37.3 Å². The van der Waals surface area contributed by atoms with Crippen LogP contribution in [0.4, 0.5) is 0 Å². The lowest BCUT2D eigenvalue weighted by Crippen LogP contribution is -2.06. The molecule has 1 atom stereocenters. The van der Waals surface area contributed by atoms with E-state index in [9.17, 15) is 9.90 Å². The molecule has 0 radical (unpaired) electrons. The Labute approximate surface area is 106 Å². The van der Waals surface area contributed by atoms with Gasteiger partial charge in [0.2, 0.25) is 0 Å². The zero-order valence-electron chi connectivity index (χ0n) is 9.53. The highest BCUT2D eigenvalue weighted by molar-refractivity contribution is 6.30. The lowest BCUT2D eigenvalue weighted by atomic mass is 9.92. The molecule has 2 rings (SSSR count). The maximum atomic E-state index is 11.3. The number of carbonyl (C=O) groups is 1. The van der Waals surface area contributed by atoms with Crippen molar-refractivity contribution in [3.63, 3.8) is 0 Å². The molecular formula is C14H15ClO2. The van der Waals surface area contributed by atoms with E-state index < -0.39 is 6.10 Å². The average Bonchev–Trinajstić information content (AvgIpc) is 2.29. The lowest BCUT2D eigenvalue weighted by Gasteiger charge is -2.16. The highest BCUT2D eigenvalue weighted by atomic mass is 35.5. The molecule has 0 saturated heterocycles. The quantitative estimate of drug-likeness (QED) is 0.892. The second kappa shape index (κ2) is 5.48. The van der Waals surface area contributed by atoms with Gasteiger partial charge in [0, 0.05) is 11.4 Å². The van der Waals surface area contributed by atoms with Crippen LogP contribution in [-0.4, -0.2) is 10.9 Å². The van der Waals surface area contributed by atoms with E-state index in [1.165, 1.54) is 0 Å². The van der Waals surface area contributed by atoms with Gasteiger partial charge in [-0.25, -0.2) is 0 Å². The molecule has 1 N–H and O–H groups in total. The number of halogens is 1. The number of carbonyl (C=O) groups excluding carboxylic acids is 1. The Morgan fingerprint density at radius 3 is 2.59 bits per heavy atom. The molecule has 1 aromatic rings. The standard InChI is InChI=1S/C14H15ClO2/c15-12-6-4-11(5-7-12)14(17)9-10-2-1-3-13(16)8-10/h4-8,14,17H,1-3,9H2. The molecule has 0 amide bonds. The molecule has 2 nitrogen and oxygen atoms in total. The third-order valence-corrected chi connectivity index (χ3v) is 3.25. The molecule has 3 heteroatoms. The zero-order valence-corrected chi connectivity index (χ0v) is 10.3. The third-order valence-electron chi connectivity index (χ3n) is 3.00. The molecule has 1 unspecified atom stereocenters. The van der Waals surface area contributed by atoms with Crippen LogP contribution in [0.25, 0.3) is 0 Å². The highest BCUT2D eigenvalue weighted by Gasteiger charge is 2.14. The van der Waals surface area contributed by atoms with E-state index in [-0.39, 0.29) is 5.78 Å². The van der Waals surface area contributed by atoms with Crippen LogP contribution in [0.15, 0.2) is 35.9 Å². The summed E-state index contributed by atoms with van der Waals surface area (Å²) in [7, 11) is 0. The van der Waals surface area contributed by atoms with E-state index in [0.717, 1.165) is 24.0 Å². The van der Waals surface area contributed by atoms with Gasteiger partial charge in [0.15, 0.2) is 5.78 Å². The minimum atomic E-state index is -0.551. The Balaban J connectivity index is 2.03. The summed E-state index contributed by atoms with van der Waals surface area (Å²) in [6, 6.07) is 7.16. The van der Waals surface area contributed by atoms with Gasteiger partial charge in [0.05, 0.1) is 6.10 Å². The molecule has 1 aliphatic carbocycles. The van der Waals surface area contributed by atoms with Gasteiger partial charge in [0.25, 0.3) is 0 Å². The summed E-state index contributed by atoms with van der Waals surface area (Å²) in [5.41, 5.74) is 1.89. The molecule has 17 heavy (non-hydrogen) atoms. The zero-order chi connectivity index (χ0) is 12.3. The predicted octanol–water partition coefficient (Wildman–Crippen LogP) is 3.44. The van der Waals surface area contributed by atoms with Crippen LogP contribution in [0.1, 0.15) is 37.4 Å². The van der Waals surface area contributed by atoms with Crippen molar-refractivity contribution in [1.82, 2.24) is 0 Å². The number of rotatable bonds is 3. The Morgan fingerprint density at radius 1 is 1.24 bits per heavy atom. The summed E-state index contributed by atoms with van der Waals surface area (Å²) in [5.74, 6) is 0.176. The summed E-state index contributed by atoms with van der Waals surface area (Å²) in [6.45, 7) is 0. The monoisotopic (exact) mass is 250 g/mol. The Morgan fingerprint density at radius 2 is 1.94 bits per heavy atom. The molecule has 0 fully saturated rings. The molecule has 0 bridgehead atoms. The first-order chi connectivity index (χ1) is 8.15. The van der Waals surface area contributed by atoms with Crippen molar-refractivity contribution in [2.45, 2.75) is 31.8 Å². The minimum absolute atomic E-state index is 0.176. The largest absolute Gasteiger partial charge is 0.388 e. The van der Waals surface area contributed by atoms with Gasteiger partial charge in [-0.1, -0.05) is 29.3 Å². The van der Waals surface area contributed by atoms with Crippen molar-refractivity contribution in [2.24, 2.45) is 0 Å². The number of hydrogen-bond donors (Lipinski definition) is 1. The molecule has 0 saturated carbocycles. The van der Waals surface area contributed by atoms with E-state index in [1.54, 1.807) is 18.2 Å². The van der Waals surface area contributed by atoms with Crippen molar-refractivity contribution in [3.05, 3.63) is 46.5 Å². The van der Waals surface area contributed by atoms with Gasteiger partial charge in [-0.05, 0) is 43.0 Å². The molecular weight excluding hydrogens is 236 g/mol. The number of allylic oxidation sites excluding steroid dienone is 1. The minimum Gasteiger partial charge on any atom is -0.388 e. The maximum absolute atomic E-state index is 11.3. The number of aliphatic hydroxyl groups is 1. The predicted molar refractivity (Wildman–Crippen MR) is 68.0 cm³/mol. The van der Waals surface area contributed by atoms with Crippen LogP contribution in [0.3, 0.4) is 0 Å². The molecule has 0 heterocycles. The first kappa shape index (κ1) is 12.3. The molecule has 0 spiro atoms. The van der Waals surface area contributed by atoms with Gasteiger partial charge in [-0.2, -0.15) is 0 Å². The Bertz CT molecular complexity index is 434. The molecule has 1 aliphatic rings. The van der Waals surface area contributed by atoms with Crippen LogP contribution >= 0.6 is 11.6 Å². The van der Waals surface area contributed by atoms with Gasteiger partial charge in [-0.3, -0.25) is 4.79 Å². The number of aliphatic hydroxyl groups excluding tert-OH is 1. The Hall–Kier alpha value is -1.12. The van der Waals surface area contributed by atoms with E-state index in [0.29, 0.717) is 17.9 Å². The molecule has 0 aromatic heterocycles. The van der Waals surface area contributed by atoms with E-state index >= 15 is 0 Å². The van der Waals surface area contributed by atoms with Gasteiger partial charge >= 0.3 is 0 Å². The van der Waals surface area contributed by atoms with Crippen molar-refractivity contribution < 1.29 is 9.90 Å².